The van der Waals surface area contributed by atoms with Crippen LogP contribution in [-0.4, -0.2) is 42.6 Å². The number of rotatable bonds is 5. The molecule has 0 spiro atoms. The molecular formula is C19H29IN4. The van der Waals surface area contributed by atoms with Gasteiger partial charge in [0.25, 0.3) is 0 Å². The predicted octanol–water partition coefficient (Wildman–Crippen LogP) is 2.63. The van der Waals surface area contributed by atoms with Crippen LogP contribution in [-0.2, 0) is 13.0 Å². The van der Waals surface area contributed by atoms with Crippen LogP contribution in [0.1, 0.15) is 31.9 Å². The van der Waals surface area contributed by atoms with Gasteiger partial charge in [-0.3, -0.25) is 9.89 Å². The number of hydrogen-bond donors (Lipinski definition) is 2. The summed E-state index contributed by atoms with van der Waals surface area (Å²) >= 11 is 0. The van der Waals surface area contributed by atoms with E-state index in [2.05, 4.69) is 66.5 Å². The van der Waals surface area contributed by atoms with Crippen LogP contribution in [0.2, 0.25) is 0 Å². The van der Waals surface area contributed by atoms with Gasteiger partial charge in [0.2, 0.25) is 0 Å². The van der Waals surface area contributed by atoms with Crippen molar-refractivity contribution in [3.63, 3.8) is 0 Å². The second kappa shape index (κ2) is 9.90. The lowest BCUT2D eigenvalue weighted by Crippen LogP contribution is -2.49. The van der Waals surface area contributed by atoms with Gasteiger partial charge in [-0.15, -0.1) is 30.4 Å². The summed E-state index contributed by atoms with van der Waals surface area (Å²) in [4.78, 5) is 7.23. The lowest BCUT2D eigenvalue weighted by atomic mass is 9.94. The van der Waals surface area contributed by atoms with Crippen LogP contribution < -0.4 is 10.6 Å². The Hall–Kier alpha value is -1.26. The summed E-state index contributed by atoms with van der Waals surface area (Å²) in [6.45, 7) is 10.7. The van der Waals surface area contributed by atoms with Crippen LogP contribution in [0.4, 0.5) is 0 Å². The van der Waals surface area contributed by atoms with Gasteiger partial charge >= 0.3 is 0 Å². The van der Waals surface area contributed by atoms with Gasteiger partial charge in [-0.05, 0) is 38.3 Å². The van der Waals surface area contributed by atoms with E-state index >= 15 is 0 Å². The number of nitrogens with zero attached hydrogens (tertiary/aromatic N) is 2. The van der Waals surface area contributed by atoms with E-state index in [0.29, 0.717) is 6.54 Å². The Balaban J connectivity index is 0.00000288. The molecule has 1 aromatic carbocycles. The van der Waals surface area contributed by atoms with Crippen LogP contribution in [0.25, 0.3) is 0 Å². The number of hydrogen-bond acceptors (Lipinski definition) is 2. The van der Waals surface area contributed by atoms with E-state index in [0.717, 1.165) is 38.6 Å². The summed E-state index contributed by atoms with van der Waals surface area (Å²) in [5, 5.41) is 6.38. The minimum atomic E-state index is 0. The maximum atomic E-state index is 5.31. The fourth-order valence-corrected chi connectivity index (χ4v) is 2.86. The Morgan fingerprint density at radius 3 is 2.67 bits per heavy atom. The van der Waals surface area contributed by atoms with Gasteiger partial charge < -0.3 is 10.6 Å². The molecule has 0 radical (unpaired) electrons. The highest BCUT2D eigenvalue weighted by molar-refractivity contribution is 14.0. The number of terminal acetylenes is 1. The summed E-state index contributed by atoms with van der Waals surface area (Å²) < 4.78 is 0. The summed E-state index contributed by atoms with van der Waals surface area (Å²) in [5.74, 6) is 3.37. The molecule has 1 aliphatic heterocycles. The molecular weight excluding hydrogens is 411 g/mol. The van der Waals surface area contributed by atoms with Crippen molar-refractivity contribution in [3.05, 3.63) is 35.4 Å². The van der Waals surface area contributed by atoms with Crippen LogP contribution in [0, 0.1) is 12.3 Å². The third kappa shape index (κ3) is 5.67. The van der Waals surface area contributed by atoms with Crippen molar-refractivity contribution >= 4 is 29.9 Å². The molecule has 0 amide bonds. The normalized spacial score (nSPS) is 15.0. The van der Waals surface area contributed by atoms with Crippen molar-refractivity contribution in [2.24, 2.45) is 4.99 Å². The molecule has 0 bridgehead atoms. The second-order valence-electron chi connectivity index (χ2n) is 6.51. The summed E-state index contributed by atoms with van der Waals surface area (Å²) in [6, 6.07) is 8.73. The van der Waals surface area contributed by atoms with E-state index in [1.54, 1.807) is 0 Å². The number of fused-ring (bicyclic) bond motifs is 1. The fraction of sp³-hybridized carbons (Fsp3) is 0.526. The molecule has 2 rings (SSSR count). The van der Waals surface area contributed by atoms with Crippen LogP contribution in [0.15, 0.2) is 29.3 Å². The Labute approximate surface area is 163 Å². The topological polar surface area (TPSA) is 39.7 Å². The van der Waals surface area contributed by atoms with Gasteiger partial charge in [0.05, 0.1) is 13.1 Å². The Bertz CT molecular complexity index is 589. The number of halogens is 1. The second-order valence-corrected chi connectivity index (χ2v) is 6.51. The molecule has 0 atom stereocenters. The van der Waals surface area contributed by atoms with Gasteiger partial charge in [0.15, 0.2) is 5.96 Å². The van der Waals surface area contributed by atoms with Crippen molar-refractivity contribution in [1.82, 2.24) is 15.5 Å². The standard InChI is InChI=1S/C19H28N4.HI/c1-5-12-21-18(20-6-2)22-15-19(3,4)23-13-11-16-9-7-8-10-17(16)14-23;/h1,7-10H,6,11-15H2,2-4H3,(H2,20,21,22);1H. The highest BCUT2D eigenvalue weighted by Gasteiger charge is 2.29. The molecule has 1 heterocycles. The van der Waals surface area contributed by atoms with E-state index in [-0.39, 0.29) is 29.5 Å². The van der Waals surface area contributed by atoms with Crippen molar-refractivity contribution in [2.45, 2.75) is 39.3 Å². The van der Waals surface area contributed by atoms with Crippen LogP contribution in [0.5, 0.6) is 0 Å². The molecule has 0 unspecified atom stereocenters. The van der Waals surface area contributed by atoms with Crippen molar-refractivity contribution in [1.29, 1.82) is 0 Å². The van der Waals surface area contributed by atoms with Crippen LogP contribution >= 0.6 is 24.0 Å². The molecule has 0 saturated carbocycles. The van der Waals surface area contributed by atoms with E-state index < -0.39 is 0 Å². The minimum absolute atomic E-state index is 0. The minimum Gasteiger partial charge on any atom is -0.357 e. The average molecular weight is 440 g/mol. The van der Waals surface area contributed by atoms with Crippen molar-refractivity contribution < 1.29 is 0 Å². The van der Waals surface area contributed by atoms with Gasteiger partial charge in [-0.2, -0.15) is 0 Å². The molecule has 24 heavy (non-hydrogen) atoms. The highest BCUT2D eigenvalue weighted by Crippen LogP contribution is 2.25. The number of benzene rings is 1. The molecule has 1 aliphatic rings. The molecule has 0 fully saturated rings. The summed E-state index contributed by atoms with van der Waals surface area (Å²) in [5.41, 5.74) is 2.92. The quantitative estimate of drug-likeness (QED) is 0.320. The maximum Gasteiger partial charge on any atom is 0.192 e. The number of aliphatic imine (C=N–C) groups is 1. The smallest absolute Gasteiger partial charge is 0.192 e. The largest absolute Gasteiger partial charge is 0.357 e. The van der Waals surface area contributed by atoms with E-state index in [1.807, 2.05) is 0 Å². The van der Waals surface area contributed by atoms with Gasteiger partial charge in [0.1, 0.15) is 0 Å². The molecule has 0 aromatic heterocycles. The van der Waals surface area contributed by atoms with Crippen molar-refractivity contribution in [2.75, 3.05) is 26.2 Å². The SMILES string of the molecule is C#CCNC(=NCC(C)(C)N1CCc2ccccc2C1)NCC.I. The molecule has 1 aromatic rings. The first-order valence-corrected chi connectivity index (χ1v) is 8.34. The molecule has 4 nitrogen and oxygen atoms in total. The molecule has 5 heteroatoms. The first-order valence-electron chi connectivity index (χ1n) is 8.34. The van der Waals surface area contributed by atoms with Crippen LogP contribution in [0.3, 0.4) is 0 Å². The van der Waals surface area contributed by atoms with E-state index in [9.17, 15) is 0 Å². The summed E-state index contributed by atoms with van der Waals surface area (Å²) in [6.07, 6.45) is 6.42. The zero-order valence-electron chi connectivity index (χ0n) is 14.9. The molecule has 2 N–H and O–H groups in total. The van der Waals surface area contributed by atoms with Gasteiger partial charge in [0, 0.05) is 25.2 Å². The zero-order valence-corrected chi connectivity index (χ0v) is 17.3. The lowest BCUT2D eigenvalue weighted by Gasteiger charge is -2.40. The number of nitrogens with one attached hydrogen (secondary N) is 2. The highest BCUT2D eigenvalue weighted by atomic mass is 127. The zero-order chi connectivity index (χ0) is 16.7. The summed E-state index contributed by atoms with van der Waals surface area (Å²) in [7, 11) is 0. The third-order valence-electron chi connectivity index (χ3n) is 4.31. The first-order chi connectivity index (χ1) is 11.1. The molecule has 0 saturated heterocycles. The predicted molar refractivity (Wildman–Crippen MR) is 113 cm³/mol. The Kier molecular flexibility index (Phi) is 8.57. The molecule has 132 valence electrons. The van der Waals surface area contributed by atoms with Gasteiger partial charge in [-0.25, -0.2) is 0 Å². The molecule has 0 aliphatic carbocycles. The first kappa shape index (κ1) is 20.8. The number of guanidine groups is 1. The van der Waals surface area contributed by atoms with Gasteiger partial charge in [-0.1, -0.05) is 30.2 Å². The third-order valence-corrected chi connectivity index (χ3v) is 4.31. The van der Waals surface area contributed by atoms with E-state index in [1.165, 1.54) is 11.1 Å². The Morgan fingerprint density at radius 2 is 2.00 bits per heavy atom. The maximum absolute atomic E-state index is 5.31. The average Bonchev–Trinajstić information content (AvgIpc) is 2.57. The monoisotopic (exact) mass is 440 g/mol. The van der Waals surface area contributed by atoms with Crippen molar-refractivity contribution in [3.8, 4) is 12.3 Å². The Morgan fingerprint density at radius 1 is 1.29 bits per heavy atom. The van der Waals surface area contributed by atoms with E-state index in [4.69, 9.17) is 11.4 Å². The fourth-order valence-electron chi connectivity index (χ4n) is 2.86. The lowest BCUT2D eigenvalue weighted by molar-refractivity contribution is 0.112.